The normalized spacial score (nSPS) is 17.1. The van der Waals surface area contributed by atoms with Gasteiger partial charge in [-0.05, 0) is 45.0 Å². The van der Waals surface area contributed by atoms with Crippen molar-refractivity contribution in [2.45, 2.75) is 26.3 Å². The predicted octanol–water partition coefficient (Wildman–Crippen LogP) is 1.53. The third-order valence-electron chi connectivity index (χ3n) is 3.81. The maximum atomic E-state index is 12.4. The van der Waals surface area contributed by atoms with E-state index in [-0.39, 0.29) is 11.4 Å². The molecule has 2 rings (SSSR count). The predicted molar refractivity (Wildman–Crippen MR) is 81.5 cm³/mol. The summed E-state index contributed by atoms with van der Waals surface area (Å²) in [6.07, 6.45) is 0. The zero-order valence-electron chi connectivity index (χ0n) is 12.5. The van der Waals surface area contributed by atoms with Gasteiger partial charge in [0.15, 0.2) is 0 Å². The summed E-state index contributed by atoms with van der Waals surface area (Å²) in [6, 6.07) is 7.26. The molecule has 0 unspecified atom stereocenters. The lowest BCUT2D eigenvalue weighted by Gasteiger charge is -2.42. The average Bonchev–Trinajstić information content (AvgIpc) is 2.46. The second-order valence-electron chi connectivity index (χ2n) is 6.17. The number of hydrogen-bond acceptors (Lipinski definition) is 4. The molecular weight excluding hydrogens is 252 g/mol. The van der Waals surface area contributed by atoms with Crippen molar-refractivity contribution in [2.75, 3.05) is 31.6 Å². The van der Waals surface area contributed by atoms with Gasteiger partial charge in [0.05, 0.1) is 0 Å². The summed E-state index contributed by atoms with van der Waals surface area (Å²) in [5.74, 6) is 5.42. The minimum absolute atomic E-state index is 0.0992. The third-order valence-corrected chi connectivity index (χ3v) is 3.81. The smallest absolute Gasteiger partial charge is 0.253 e. The van der Waals surface area contributed by atoms with Gasteiger partial charge in [-0.2, -0.15) is 0 Å². The van der Waals surface area contributed by atoms with E-state index in [1.54, 1.807) is 0 Å². The van der Waals surface area contributed by atoms with Crippen LogP contribution in [-0.2, 0) is 0 Å². The highest BCUT2D eigenvalue weighted by Crippen LogP contribution is 2.17. The summed E-state index contributed by atoms with van der Waals surface area (Å²) in [6.45, 7) is 10.1. The Bertz CT molecular complexity index is 456. The maximum absolute atomic E-state index is 12.4. The zero-order valence-corrected chi connectivity index (χ0v) is 12.5. The Morgan fingerprint density at radius 1 is 1.10 bits per heavy atom. The van der Waals surface area contributed by atoms with Crippen LogP contribution in [0.1, 0.15) is 31.1 Å². The van der Waals surface area contributed by atoms with Crippen molar-refractivity contribution in [3.8, 4) is 0 Å². The van der Waals surface area contributed by atoms with Gasteiger partial charge in [-0.3, -0.25) is 15.5 Å². The van der Waals surface area contributed by atoms with Gasteiger partial charge in [0.25, 0.3) is 5.91 Å². The van der Waals surface area contributed by atoms with Crippen LogP contribution in [0, 0.1) is 0 Å². The highest BCUT2D eigenvalue weighted by Gasteiger charge is 2.28. The summed E-state index contributed by atoms with van der Waals surface area (Å²) in [4.78, 5) is 16.8. The van der Waals surface area contributed by atoms with E-state index in [0.717, 1.165) is 31.9 Å². The molecular formula is C15H24N4O. The summed E-state index contributed by atoms with van der Waals surface area (Å²) in [5, 5.41) is 0. The first-order valence-electron chi connectivity index (χ1n) is 7.03. The van der Waals surface area contributed by atoms with Crippen LogP contribution in [0.5, 0.6) is 0 Å². The van der Waals surface area contributed by atoms with Crippen LogP contribution in [0.25, 0.3) is 0 Å². The van der Waals surface area contributed by atoms with E-state index in [2.05, 4.69) is 31.1 Å². The standard InChI is InChI=1S/C15H24N4O/c1-15(2,3)19-10-8-18(9-11-19)14(20)12-4-6-13(17-16)7-5-12/h4-7,17H,8-11,16H2,1-3H3. The van der Waals surface area contributed by atoms with Gasteiger partial charge in [-0.15, -0.1) is 0 Å². The Hall–Kier alpha value is -1.59. The molecule has 0 aromatic heterocycles. The van der Waals surface area contributed by atoms with Gasteiger partial charge in [0.1, 0.15) is 0 Å². The fourth-order valence-electron chi connectivity index (χ4n) is 2.47. The number of amides is 1. The lowest BCUT2D eigenvalue weighted by atomic mass is 10.0. The minimum Gasteiger partial charge on any atom is -0.336 e. The lowest BCUT2D eigenvalue weighted by molar-refractivity contribution is 0.0451. The first-order valence-corrected chi connectivity index (χ1v) is 7.03. The van der Waals surface area contributed by atoms with Crippen LogP contribution in [0.2, 0.25) is 0 Å². The fraction of sp³-hybridized carbons (Fsp3) is 0.533. The second kappa shape index (κ2) is 5.81. The van der Waals surface area contributed by atoms with Crippen molar-refractivity contribution in [3.05, 3.63) is 29.8 Å². The molecule has 0 saturated carbocycles. The Morgan fingerprint density at radius 2 is 1.65 bits per heavy atom. The van der Waals surface area contributed by atoms with Crippen molar-refractivity contribution >= 4 is 11.6 Å². The van der Waals surface area contributed by atoms with E-state index in [9.17, 15) is 4.79 Å². The number of nitrogens with two attached hydrogens (primary N) is 1. The number of hydrazine groups is 1. The molecule has 1 fully saturated rings. The highest BCUT2D eigenvalue weighted by atomic mass is 16.2. The molecule has 3 N–H and O–H groups in total. The molecule has 1 saturated heterocycles. The second-order valence-corrected chi connectivity index (χ2v) is 6.17. The molecule has 0 aliphatic carbocycles. The first-order chi connectivity index (χ1) is 9.41. The maximum Gasteiger partial charge on any atom is 0.253 e. The first kappa shape index (κ1) is 14.8. The number of hydrogen-bond donors (Lipinski definition) is 2. The van der Waals surface area contributed by atoms with Crippen LogP contribution < -0.4 is 11.3 Å². The van der Waals surface area contributed by atoms with Crippen LogP contribution in [0.4, 0.5) is 5.69 Å². The molecule has 1 aromatic carbocycles. The summed E-state index contributed by atoms with van der Waals surface area (Å²) >= 11 is 0. The van der Waals surface area contributed by atoms with E-state index in [4.69, 9.17) is 5.84 Å². The molecule has 1 heterocycles. The topological polar surface area (TPSA) is 61.6 Å². The van der Waals surface area contributed by atoms with Crippen molar-refractivity contribution in [1.29, 1.82) is 0 Å². The van der Waals surface area contributed by atoms with Crippen LogP contribution in [-0.4, -0.2) is 47.4 Å². The molecule has 5 nitrogen and oxygen atoms in total. The van der Waals surface area contributed by atoms with Gasteiger partial charge in [0, 0.05) is 43.0 Å². The van der Waals surface area contributed by atoms with Gasteiger partial charge in [-0.25, -0.2) is 0 Å². The summed E-state index contributed by atoms with van der Waals surface area (Å²) in [5.41, 5.74) is 4.25. The van der Waals surface area contributed by atoms with E-state index in [1.165, 1.54) is 0 Å². The van der Waals surface area contributed by atoms with Gasteiger partial charge < -0.3 is 10.3 Å². The largest absolute Gasteiger partial charge is 0.336 e. The van der Waals surface area contributed by atoms with Gasteiger partial charge in [0.2, 0.25) is 0 Å². The third kappa shape index (κ3) is 3.29. The molecule has 0 spiro atoms. The number of benzene rings is 1. The number of piperazine rings is 1. The molecule has 1 aromatic rings. The number of rotatable bonds is 2. The number of anilines is 1. The minimum atomic E-state index is 0.0992. The monoisotopic (exact) mass is 276 g/mol. The Kier molecular flexibility index (Phi) is 4.30. The molecule has 0 bridgehead atoms. The Morgan fingerprint density at radius 3 is 2.10 bits per heavy atom. The number of carbonyl (C=O) groups is 1. The number of nitrogens with one attached hydrogen (secondary N) is 1. The molecule has 0 atom stereocenters. The van der Waals surface area contributed by atoms with Crippen molar-refractivity contribution in [3.63, 3.8) is 0 Å². The van der Waals surface area contributed by atoms with Crippen molar-refractivity contribution < 1.29 is 4.79 Å². The SMILES string of the molecule is CC(C)(C)N1CCN(C(=O)c2ccc(NN)cc2)CC1. The molecule has 0 radical (unpaired) electrons. The van der Waals surface area contributed by atoms with Gasteiger partial charge in [-0.1, -0.05) is 0 Å². The van der Waals surface area contributed by atoms with E-state index < -0.39 is 0 Å². The molecule has 5 heteroatoms. The van der Waals surface area contributed by atoms with Crippen LogP contribution in [0.3, 0.4) is 0 Å². The molecule has 1 amide bonds. The number of nitrogens with zero attached hydrogens (tertiary/aromatic N) is 2. The number of nitrogen functional groups attached to an aromatic ring is 1. The number of carbonyl (C=O) groups excluding carboxylic acids is 1. The lowest BCUT2D eigenvalue weighted by Crippen LogP contribution is -2.54. The van der Waals surface area contributed by atoms with Crippen LogP contribution >= 0.6 is 0 Å². The average molecular weight is 276 g/mol. The molecule has 1 aliphatic rings. The molecule has 110 valence electrons. The summed E-state index contributed by atoms with van der Waals surface area (Å²) < 4.78 is 0. The van der Waals surface area contributed by atoms with E-state index in [0.29, 0.717) is 5.56 Å². The van der Waals surface area contributed by atoms with Crippen LogP contribution in [0.15, 0.2) is 24.3 Å². The fourth-order valence-corrected chi connectivity index (χ4v) is 2.47. The Labute approximate surface area is 120 Å². The quantitative estimate of drug-likeness (QED) is 0.635. The summed E-state index contributed by atoms with van der Waals surface area (Å²) in [7, 11) is 0. The highest BCUT2D eigenvalue weighted by molar-refractivity contribution is 5.94. The van der Waals surface area contributed by atoms with E-state index >= 15 is 0 Å². The van der Waals surface area contributed by atoms with E-state index in [1.807, 2.05) is 29.2 Å². The molecule has 20 heavy (non-hydrogen) atoms. The zero-order chi connectivity index (χ0) is 14.8. The van der Waals surface area contributed by atoms with Crippen molar-refractivity contribution in [2.24, 2.45) is 5.84 Å². The van der Waals surface area contributed by atoms with Gasteiger partial charge >= 0.3 is 0 Å². The van der Waals surface area contributed by atoms with Crippen molar-refractivity contribution in [1.82, 2.24) is 9.80 Å². The Balaban J connectivity index is 1.97. The molecule has 1 aliphatic heterocycles.